The van der Waals surface area contributed by atoms with Crippen molar-refractivity contribution in [3.05, 3.63) is 35.4 Å². The number of piperazine rings is 1. The second kappa shape index (κ2) is 5.40. The van der Waals surface area contributed by atoms with Crippen LogP contribution < -0.4 is 5.32 Å². The third-order valence-corrected chi connectivity index (χ3v) is 4.46. The molecule has 0 saturated carbocycles. The summed E-state index contributed by atoms with van der Waals surface area (Å²) in [5, 5.41) is 10.8. The number of imide groups is 1. The normalized spacial score (nSPS) is 16.6. The maximum atomic E-state index is 12.2. The van der Waals surface area contributed by atoms with Crippen LogP contribution in [-0.2, 0) is 25.4 Å². The van der Waals surface area contributed by atoms with E-state index in [4.69, 9.17) is 5.26 Å². The molecule has 0 radical (unpaired) electrons. The zero-order valence-electron chi connectivity index (χ0n) is 10.4. The Morgan fingerprint density at radius 1 is 1.25 bits per heavy atom. The van der Waals surface area contributed by atoms with Crippen LogP contribution in [-0.4, -0.2) is 37.6 Å². The molecule has 1 fully saturated rings. The summed E-state index contributed by atoms with van der Waals surface area (Å²) in [4.78, 5) is 22.4. The zero-order valence-corrected chi connectivity index (χ0v) is 11.2. The first-order chi connectivity index (χ1) is 9.40. The number of nitrogens with zero attached hydrogens (tertiary/aromatic N) is 2. The highest BCUT2D eigenvalue weighted by atomic mass is 32.2. The average Bonchev–Trinajstić information content (AvgIpc) is 2.37. The maximum Gasteiger partial charge on any atom is 0.241 e. The van der Waals surface area contributed by atoms with Gasteiger partial charge in [0.25, 0.3) is 0 Å². The molecule has 1 heterocycles. The minimum absolute atomic E-state index is 0.352. The topological polar surface area (TPSA) is 107 Å². The van der Waals surface area contributed by atoms with Crippen molar-refractivity contribution in [1.82, 2.24) is 9.62 Å². The molecule has 0 spiro atoms. The number of sulfonamides is 1. The Morgan fingerprint density at radius 3 is 2.50 bits per heavy atom. The molecule has 1 aromatic carbocycles. The fraction of sp³-hybridized carbons (Fsp3) is 0.250. The molecular formula is C12H11N3O4S. The number of nitriles is 1. The minimum atomic E-state index is -3.78. The first kappa shape index (κ1) is 14.2. The molecule has 104 valence electrons. The van der Waals surface area contributed by atoms with E-state index in [1.807, 2.05) is 11.4 Å². The van der Waals surface area contributed by atoms with Crippen molar-refractivity contribution in [3.63, 3.8) is 0 Å². The van der Waals surface area contributed by atoms with E-state index >= 15 is 0 Å². The van der Waals surface area contributed by atoms with Crippen molar-refractivity contribution in [2.24, 2.45) is 0 Å². The van der Waals surface area contributed by atoms with Gasteiger partial charge in [0.05, 0.1) is 30.5 Å². The Balaban J connectivity index is 2.20. The molecule has 0 aromatic heterocycles. The van der Waals surface area contributed by atoms with Crippen LogP contribution >= 0.6 is 0 Å². The van der Waals surface area contributed by atoms with E-state index in [0.29, 0.717) is 11.1 Å². The van der Waals surface area contributed by atoms with Gasteiger partial charge in [-0.3, -0.25) is 14.9 Å². The van der Waals surface area contributed by atoms with E-state index in [2.05, 4.69) is 0 Å². The average molecular weight is 293 g/mol. The van der Waals surface area contributed by atoms with E-state index in [9.17, 15) is 18.0 Å². The molecular weight excluding hydrogens is 282 g/mol. The molecule has 8 heteroatoms. The molecule has 1 N–H and O–H groups in total. The summed E-state index contributed by atoms with van der Waals surface area (Å²) < 4.78 is 25.2. The smallest absolute Gasteiger partial charge is 0.241 e. The lowest BCUT2D eigenvalue weighted by atomic mass is 10.2. The minimum Gasteiger partial charge on any atom is -0.294 e. The van der Waals surface area contributed by atoms with Gasteiger partial charge in [-0.1, -0.05) is 12.1 Å². The third-order valence-electron chi connectivity index (χ3n) is 2.72. The summed E-state index contributed by atoms with van der Waals surface area (Å²) in [7, 11) is -3.78. The van der Waals surface area contributed by atoms with Crippen molar-refractivity contribution in [3.8, 4) is 6.07 Å². The molecule has 1 aliphatic rings. The predicted molar refractivity (Wildman–Crippen MR) is 68.5 cm³/mol. The van der Waals surface area contributed by atoms with E-state index < -0.39 is 21.8 Å². The number of amides is 2. The van der Waals surface area contributed by atoms with Gasteiger partial charge in [0.1, 0.15) is 0 Å². The lowest BCUT2D eigenvalue weighted by molar-refractivity contribution is -0.134. The summed E-state index contributed by atoms with van der Waals surface area (Å²) >= 11 is 0. The Morgan fingerprint density at radius 2 is 1.90 bits per heavy atom. The lowest BCUT2D eigenvalue weighted by Crippen LogP contribution is -2.53. The molecule has 20 heavy (non-hydrogen) atoms. The molecule has 0 bridgehead atoms. The third kappa shape index (κ3) is 3.20. The first-order valence-corrected chi connectivity index (χ1v) is 7.31. The second-order valence-electron chi connectivity index (χ2n) is 4.31. The number of carbonyl (C=O) groups excluding carboxylic acids is 2. The van der Waals surface area contributed by atoms with Crippen LogP contribution in [0.5, 0.6) is 0 Å². The Hall–Kier alpha value is -2.24. The van der Waals surface area contributed by atoms with Gasteiger partial charge < -0.3 is 0 Å². The quantitative estimate of drug-likeness (QED) is 0.745. The first-order valence-electron chi connectivity index (χ1n) is 5.70. The second-order valence-corrected chi connectivity index (χ2v) is 6.28. The van der Waals surface area contributed by atoms with E-state index in [0.717, 1.165) is 4.31 Å². The zero-order chi connectivity index (χ0) is 14.8. The highest BCUT2D eigenvalue weighted by Crippen LogP contribution is 2.13. The number of hydrogen-bond donors (Lipinski definition) is 1. The van der Waals surface area contributed by atoms with E-state index in [1.165, 1.54) is 6.07 Å². The largest absolute Gasteiger partial charge is 0.294 e. The fourth-order valence-electron chi connectivity index (χ4n) is 1.84. The number of benzene rings is 1. The molecule has 0 atom stereocenters. The highest BCUT2D eigenvalue weighted by molar-refractivity contribution is 7.88. The summed E-state index contributed by atoms with van der Waals surface area (Å²) in [6, 6.07) is 8.10. The standard InChI is InChI=1S/C12H11N3O4S/c13-5-9-2-1-3-10(4-9)8-20(18,19)15-6-11(16)14-12(17)7-15/h1-4H,6-8H2,(H,14,16,17). The molecule has 1 saturated heterocycles. The maximum absolute atomic E-state index is 12.2. The Kier molecular flexibility index (Phi) is 3.83. The van der Waals surface area contributed by atoms with Crippen LogP contribution in [0, 0.1) is 11.3 Å². The SMILES string of the molecule is N#Cc1cccc(CS(=O)(=O)N2CC(=O)NC(=O)C2)c1. The van der Waals surface area contributed by atoms with Crippen LogP contribution in [0.15, 0.2) is 24.3 Å². The van der Waals surface area contributed by atoms with Gasteiger partial charge in [0.2, 0.25) is 21.8 Å². The van der Waals surface area contributed by atoms with Gasteiger partial charge in [-0.25, -0.2) is 8.42 Å². The molecule has 1 aromatic rings. The van der Waals surface area contributed by atoms with Crippen molar-refractivity contribution in [2.45, 2.75) is 5.75 Å². The van der Waals surface area contributed by atoms with Gasteiger partial charge in [-0.05, 0) is 17.7 Å². The Bertz CT molecular complexity index is 690. The van der Waals surface area contributed by atoms with Gasteiger partial charge in [0.15, 0.2) is 0 Å². The Labute approximate surface area is 115 Å². The molecule has 2 rings (SSSR count). The van der Waals surface area contributed by atoms with Gasteiger partial charge >= 0.3 is 0 Å². The van der Waals surface area contributed by atoms with Crippen LogP contribution in [0.2, 0.25) is 0 Å². The number of carbonyl (C=O) groups is 2. The van der Waals surface area contributed by atoms with Crippen molar-refractivity contribution < 1.29 is 18.0 Å². The van der Waals surface area contributed by atoms with Crippen molar-refractivity contribution >= 4 is 21.8 Å². The molecule has 0 aliphatic carbocycles. The molecule has 1 aliphatic heterocycles. The molecule has 7 nitrogen and oxygen atoms in total. The van der Waals surface area contributed by atoms with Crippen molar-refractivity contribution in [2.75, 3.05) is 13.1 Å². The summed E-state index contributed by atoms with van der Waals surface area (Å²) in [6.45, 7) is -0.738. The monoisotopic (exact) mass is 293 g/mol. The van der Waals surface area contributed by atoms with Gasteiger partial charge in [-0.15, -0.1) is 0 Å². The van der Waals surface area contributed by atoms with Gasteiger partial charge in [0, 0.05) is 0 Å². The van der Waals surface area contributed by atoms with Gasteiger partial charge in [-0.2, -0.15) is 9.57 Å². The van der Waals surface area contributed by atoms with Crippen LogP contribution in [0.1, 0.15) is 11.1 Å². The molecule has 0 unspecified atom stereocenters. The van der Waals surface area contributed by atoms with Crippen molar-refractivity contribution in [1.29, 1.82) is 5.26 Å². The predicted octanol–water partition coefficient (Wildman–Crippen LogP) is -0.654. The number of rotatable bonds is 3. The highest BCUT2D eigenvalue weighted by Gasteiger charge is 2.31. The van der Waals surface area contributed by atoms with Crippen LogP contribution in [0.4, 0.5) is 0 Å². The molecule has 2 amide bonds. The summed E-state index contributed by atoms with van der Waals surface area (Å²) in [5.74, 6) is -1.64. The lowest BCUT2D eigenvalue weighted by Gasteiger charge is -2.24. The van der Waals surface area contributed by atoms with Crippen LogP contribution in [0.3, 0.4) is 0 Å². The number of hydrogen-bond acceptors (Lipinski definition) is 5. The van der Waals surface area contributed by atoms with E-state index in [-0.39, 0.29) is 18.8 Å². The summed E-state index contributed by atoms with van der Waals surface area (Å²) in [5.41, 5.74) is 0.785. The van der Waals surface area contributed by atoms with E-state index in [1.54, 1.807) is 18.2 Å². The fourth-order valence-corrected chi connectivity index (χ4v) is 3.25. The number of nitrogens with one attached hydrogen (secondary N) is 1. The van der Waals surface area contributed by atoms with Crippen LogP contribution in [0.25, 0.3) is 0 Å². The summed E-state index contributed by atoms with van der Waals surface area (Å²) in [6.07, 6.45) is 0.